The Hall–Kier alpha value is -1.62. The van der Waals surface area contributed by atoms with Crippen LogP contribution in [0.15, 0.2) is 46.5 Å². The predicted molar refractivity (Wildman–Crippen MR) is 72.6 cm³/mol. The lowest BCUT2D eigenvalue weighted by molar-refractivity contribution is 0.477. The molecule has 0 amide bonds. The highest BCUT2D eigenvalue weighted by atomic mass is 32.2. The molecular weight excluding hydrogens is 248 g/mol. The summed E-state index contributed by atoms with van der Waals surface area (Å²) in [5.74, 6) is 0. The van der Waals surface area contributed by atoms with Crippen LogP contribution in [0.3, 0.4) is 0 Å². The van der Waals surface area contributed by atoms with E-state index in [2.05, 4.69) is 4.40 Å². The summed E-state index contributed by atoms with van der Waals surface area (Å²) in [5, 5.41) is 0. The van der Waals surface area contributed by atoms with Crippen LogP contribution in [0.5, 0.6) is 0 Å². The van der Waals surface area contributed by atoms with Gasteiger partial charge >= 0.3 is 10.2 Å². The van der Waals surface area contributed by atoms with E-state index in [0.29, 0.717) is 18.7 Å². The van der Waals surface area contributed by atoms with Crippen molar-refractivity contribution in [3.05, 3.63) is 47.7 Å². The maximum Gasteiger partial charge on any atom is 0.344 e. The zero-order valence-corrected chi connectivity index (χ0v) is 11.3. The van der Waals surface area contributed by atoms with Crippen molar-refractivity contribution in [3.63, 3.8) is 0 Å². The van der Waals surface area contributed by atoms with Gasteiger partial charge in [0.1, 0.15) is 0 Å². The zero-order valence-electron chi connectivity index (χ0n) is 10.5. The van der Waals surface area contributed by atoms with E-state index >= 15 is 0 Å². The summed E-state index contributed by atoms with van der Waals surface area (Å²) < 4.78 is 28.9. The summed E-state index contributed by atoms with van der Waals surface area (Å²) in [6, 6.07) is 9.82. The van der Waals surface area contributed by atoms with Gasteiger partial charge in [0.15, 0.2) is 0 Å². The number of allylic oxidation sites excluding steroid dienone is 2. The van der Waals surface area contributed by atoms with Crippen LogP contribution in [0, 0.1) is 0 Å². The predicted octanol–water partition coefficient (Wildman–Crippen LogP) is 2.15. The molecule has 0 spiro atoms. The fourth-order valence-corrected chi connectivity index (χ4v) is 3.23. The topological polar surface area (TPSA) is 49.7 Å². The molecule has 18 heavy (non-hydrogen) atoms. The first-order valence-electron chi connectivity index (χ1n) is 5.80. The molecule has 0 fully saturated rings. The molecule has 1 heterocycles. The second-order valence-electron chi connectivity index (χ2n) is 4.30. The first kappa shape index (κ1) is 12.8. The summed E-state index contributed by atoms with van der Waals surface area (Å²) in [6.45, 7) is 3.90. The standard InChI is InChI=1S/C13H16N2O2S/c1-11-10-12(2)15(18(16,17)14-11)9-8-13-6-4-3-5-7-13/h3-7,10H,8-9H2,1-2H3. The first-order valence-corrected chi connectivity index (χ1v) is 7.20. The summed E-state index contributed by atoms with van der Waals surface area (Å²) in [5.41, 5.74) is 2.37. The van der Waals surface area contributed by atoms with Crippen molar-refractivity contribution < 1.29 is 8.42 Å². The molecule has 0 unspecified atom stereocenters. The molecule has 0 bridgehead atoms. The minimum atomic E-state index is -3.54. The molecule has 1 aliphatic heterocycles. The Morgan fingerprint density at radius 1 is 1.17 bits per heavy atom. The van der Waals surface area contributed by atoms with Gasteiger partial charge in [-0.05, 0) is 31.9 Å². The van der Waals surface area contributed by atoms with Crippen LogP contribution in [-0.4, -0.2) is 25.0 Å². The molecule has 0 radical (unpaired) electrons. The average Bonchev–Trinajstić information content (AvgIpc) is 2.27. The molecule has 1 aromatic carbocycles. The Balaban J connectivity index is 2.13. The summed E-state index contributed by atoms with van der Waals surface area (Å²) in [4.78, 5) is 0. The lowest BCUT2D eigenvalue weighted by Crippen LogP contribution is -2.33. The van der Waals surface area contributed by atoms with Gasteiger partial charge in [0.25, 0.3) is 0 Å². The second-order valence-corrected chi connectivity index (χ2v) is 5.82. The molecule has 0 aliphatic carbocycles. The molecule has 96 valence electrons. The van der Waals surface area contributed by atoms with Gasteiger partial charge in [-0.2, -0.15) is 12.8 Å². The molecule has 0 atom stereocenters. The minimum absolute atomic E-state index is 0.422. The van der Waals surface area contributed by atoms with Crippen LogP contribution < -0.4 is 0 Å². The average molecular weight is 264 g/mol. The number of rotatable bonds is 3. The van der Waals surface area contributed by atoms with E-state index in [0.717, 1.165) is 11.3 Å². The monoisotopic (exact) mass is 264 g/mol. The summed E-state index contributed by atoms with van der Waals surface area (Å²) in [6.07, 6.45) is 2.46. The van der Waals surface area contributed by atoms with E-state index < -0.39 is 10.2 Å². The van der Waals surface area contributed by atoms with Crippen molar-refractivity contribution >= 4 is 15.9 Å². The number of benzene rings is 1. The van der Waals surface area contributed by atoms with Crippen molar-refractivity contribution in [3.8, 4) is 0 Å². The molecule has 0 aromatic heterocycles. The van der Waals surface area contributed by atoms with Gasteiger partial charge in [-0.3, -0.25) is 4.31 Å². The van der Waals surface area contributed by atoms with Crippen molar-refractivity contribution in [1.82, 2.24) is 4.31 Å². The van der Waals surface area contributed by atoms with Gasteiger partial charge < -0.3 is 0 Å². The van der Waals surface area contributed by atoms with E-state index in [1.165, 1.54) is 4.31 Å². The van der Waals surface area contributed by atoms with E-state index in [1.54, 1.807) is 19.9 Å². The Morgan fingerprint density at radius 3 is 2.44 bits per heavy atom. The minimum Gasteiger partial charge on any atom is -0.256 e. The number of hydrogen-bond acceptors (Lipinski definition) is 2. The fraction of sp³-hybridized carbons (Fsp3) is 0.308. The Labute approximate surface area is 108 Å². The van der Waals surface area contributed by atoms with Crippen LogP contribution in [-0.2, 0) is 16.6 Å². The molecule has 5 heteroatoms. The van der Waals surface area contributed by atoms with Gasteiger partial charge in [-0.1, -0.05) is 30.3 Å². The molecule has 2 rings (SSSR count). The maximum absolute atomic E-state index is 11.9. The second kappa shape index (κ2) is 4.94. The summed E-state index contributed by atoms with van der Waals surface area (Å²) in [7, 11) is -3.54. The normalized spacial score (nSPS) is 18.2. The third-order valence-corrected chi connectivity index (χ3v) is 4.34. The zero-order chi connectivity index (χ0) is 13.2. The highest BCUT2D eigenvalue weighted by Crippen LogP contribution is 2.18. The maximum atomic E-state index is 11.9. The Morgan fingerprint density at radius 2 is 1.83 bits per heavy atom. The van der Waals surface area contributed by atoms with Crippen LogP contribution in [0.25, 0.3) is 0 Å². The van der Waals surface area contributed by atoms with Crippen molar-refractivity contribution in [2.24, 2.45) is 4.40 Å². The van der Waals surface area contributed by atoms with Gasteiger partial charge in [0, 0.05) is 12.2 Å². The highest BCUT2D eigenvalue weighted by Gasteiger charge is 2.24. The van der Waals surface area contributed by atoms with Crippen LogP contribution in [0.2, 0.25) is 0 Å². The van der Waals surface area contributed by atoms with E-state index in [-0.39, 0.29) is 0 Å². The van der Waals surface area contributed by atoms with Gasteiger partial charge in [0.2, 0.25) is 0 Å². The van der Waals surface area contributed by atoms with Crippen molar-refractivity contribution in [1.29, 1.82) is 0 Å². The molecule has 0 saturated heterocycles. The van der Waals surface area contributed by atoms with Crippen LogP contribution in [0.4, 0.5) is 0 Å². The lowest BCUT2D eigenvalue weighted by Gasteiger charge is -2.25. The smallest absolute Gasteiger partial charge is 0.256 e. The van der Waals surface area contributed by atoms with Crippen molar-refractivity contribution in [2.45, 2.75) is 20.3 Å². The quantitative estimate of drug-likeness (QED) is 0.840. The van der Waals surface area contributed by atoms with Gasteiger partial charge in [0.05, 0.1) is 5.71 Å². The fourth-order valence-electron chi connectivity index (χ4n) is 1.98. The molecule has 0 N–H and O–H groups in total. The Kier molecular flexibility index (Phi) is 3.52. The SMILES string of the molecule is CC1=CC(C)=NS(=O)(=O)N1CCc1ccccc1. The molecule has 0 saturated carbocycles. The number of hydrogen-bond donors (Lipinski definition) is 0. The first-order chi connectivity index (χ1) is 8.49. The summed E-state index contributed by atoms with van der Waals surface area (Å²) >= 11 is 0. The third-order valence-electron chi connectivity index (χ3n) is 2.80. The third kappa shape index (κ3) is 2.79. The largest absolute Gasteiger partial charge is 0.344 e. The van der Waals surface area contributed by atoms with E-state index in [9.17, 15) is 8.42 Å². The van der Waals surface area contributed by atoms with E-state index in [1.807, 2.05) is 30.3 Å². The molecule has 1 aromatic rings. The lowest BCUT2D eigenvalue weighted by atomic mass is 10.1. The molecule has 1 aliphatic rings. The van der Waals surface area contributed by atoms with Crippen LogP contribution in [0.1, 0.15) is 19.4 Å². The van der Waals surface area contributed by atoms with Gasteiger partial charge in [-0.25, -0.2) is 0 Å². The van der Waals surface area contributed by atoms with Crippen molar-refractivity contribution in [2.75, 3.05) is 6.54 Å². The number of nitrogens with zero attached hydrogens (tertiary/aromatic N) is 2. The van der Waals surface area contributed by atoms with E-state index in [4.69, 9.17) is 0 Å². The molecule has 4 nitrogen and oxygen atoms in total. The van der Waals surface area contributed by atoms with Crippen LogP contribution >= 0.6 is 0 Å². The van der Waals surface area contributed by atoms with Gasteiger partial charge in [-0.15, -0.1) is 0 Å². The Bertz CT molecular complexity index is 589. The molecular formula is C13H16N2O2S. The highest BCUT2D eigenvalue weighted by molar-refractivity contribution is 7.88.